The van der Waals surface area contributed by atoms with E-state index in [1.807, 2.05) is 35.7 Å². The molecule has 1 amide bonds. The number of halogens is 1. The van der Waals surface area contributed by atoms with Gasteiger partial charge in [0.25, 0.3) is 5.91 Å². The minimum absolute atomic E-state index is 0.0814. The lowest BCUT2D eigenvalue weighted by atomic mass is 10.2. The van der Waals surface area contributed by atoms with Crippen molar-refractivity contribution in [3.63, 3.8) is 0 Å². The van der Waals surface area contributed by atoms with E-state index in [2.05, 4.69) is 31.2 Å². The Morgan fingerprint density at radius 2 is 1.96 bits per heavy atom. The summed E-state index contributed by atoms with van der Waals surface area (Å²) < 4.78 is 0.797. The molecular weight excluding hydrogens is 374 g/mol. The smallest absolute Gasteiger partial charge is 0.252 e. The highest BCUT2D eigenvalue weighted by Gasteiger charge is 2.09. The van der Waals surface area contributed by atoms with Gasteiger partial charge in [0, 0.05) is 40.8 Å². The number of benzene rings is 1. The lowest BCUT2D eigenvalue weighted by Crippen LogP contribution is -2.26. The molecule has 3 aromatic rings. The molecule has 6 heteroatoms. The molecule has 0 fully saturated rings. The topological polar surface area (TPSA) is 54.9 Å². The van der Waals surface area contributed by atoms with Crippen molar-refractivity contribution >= 4 is 33.2 Å². The molecule has 2 heterocycles. The van der Waals surface area contributed by atoms with Crippen LogP contribution in [0.2, 0.25) is 0 Å². The number of thiazole rings is 1. The van der Waals surface area contributed by atoms with Crippen LogP contribution in [0.3, 0.4) is 0 Å². The van der Waals surface area contributed by atoms with Gasteiger partial charge < -0.3 is 5.32 Å². The number of amides is 1. The molecule has 0 aliphatic carbocycles. The summed E-state index contributed by atoms with van der Waals surface area (Å²) in [7, 11) is 0. The van der Waals surface area contributed by atoms with Gasteiger partial charge in [-0.05, 0) is 40.2 Å². The Balaban J connectivity index is 1.56. The number of aromatic nitrogens is 2. The van der Waals surface area contributed by atoms with Gasteiger partial charge in [0.2, 0.25) is 0 Å². The fourth-order valence-electron chi connectivity index (χ4n) is 2.09. The maximum atomic E-state index is 12.1. The van der Waals surface area contributed by atoms with Crippen LogP contribution >= 0.6 is 27.3 Å². The molecule has 0 spiro atoms. The zero-order chi connectivity index (χ0) is 16.1. The lowest BCUT2D eigenvalue weighted by molar-refractivity contribution is 0.0953. The zero-order valence-corrected chi connectivity index (χ0v) is 14.6. The minimum Gasteiger partial charge on any atom is -0.352 e. The summed E-state index contributed by atoms with van der Waals surface area (Å²) in [6.07, 6.45) is 4.22. The van der Waals surface area contributed by atoms with Crippen LogP contribution in [0.4, 0.5) is 0 Å². The normalized spacial score (nSPS) is 10.5. The first-order valence-corrected chi connectivity index (χ1v) is 8.79. The second-order valence-corrected chi connectivity index (χ2v) is 6.58. The molecule has 0 bridgehead atoms. The van der Waals surface area contributed by atoms with Crippen LogP contribution in [0.1, 0.15) is 16.1 Å². The summed E-state index contributed by atoms with van der Waals surface area (Å²) in [4.78, 5) is 20.7. The van der Waals surface area contributed by atoms with Crippen molar-refractivity contribution in [1.29, 1.82) is 0 Å². The molecule has 0 aliphatic heterocycles. The van der Waals surface area contributed by atoms with E-state index in [1.54, 1.807) is 29.8 Å². The van der Waals surface area contributed by atoms with Crippen LogP contribution in [0, 0.1) is 0 Å². The van der Waals surface area contributed by atoms with Gasteiger partial charge in [-0.15, -0.1) is 11.3 Å². The summed E-state index contributed by atoms with van der Waals surface area (Å²) in [5.74, 6) is -0.0814. The molecule has 0 saturated heterocycles. The second-order valence-electron chi connectivity index (χ2n) is 4.87. The number of hydrogen-bond acceptors (Lipinski definition) is 4. The average molecular weight is 388 g/mol. The van der Waals surface area contributed by atoms with Gasteiger partial charge in [0.05, 0.1) is 11.3 Å². The van der Waals surface area contributed by atoms with Crippen LogP contribution in [0.15, 0.2) is 58.6 Å². The molecule has 3 rings (SSSR count). The highest BCUT2D eigenvalue weighted by molar-refractivity contribution is 9.10. The Bertz CT molecular complexity index is 804. The maximum Gasteiger partial charge on any atom is 0.252 e. The lowest BCUT2D eigenvalue weighted by Gasteiger charge is -2.05. The number of nitrogens with one attached hydrogen (secondary N) is 1. The number of carbonyl (C=O) groups excluding carboxylic acids is 1. The Hall–Kier alpha value is -2.05. The first-order valence-electron chi connectivity index (χ1n) is 7.11. The van der Waals surface area contributed by atoms with Gasteiger partial charge in [-0.3, -0.25) is 9.78 Å². The number of pyridine rings is 1. The van der Waals surface area contributed by atoms with Crippen LogP contribution in [-0.4, -0.2) is 22.4 Å². The standard InChI is InChI=1S/C17H14BrN3OS/c18-15-4-2-1-3-14(15)16(22)20-10-7-13-11-23-17(21-13)12-5-8-19-9-6-12/h1-6,8-9,11H,7,10H2,(H,20,22). The number of hydrogen-bond donors (Lipinski definition) is 1. The Labute approximate surface area is 146 Å². The summed E-state index contributed by atoms with van der Waals surface area (Å²) in [5.41, 5.74) is 2.69. The zero-order valence-electron chi connectivity index (χ0n) is 12.2. The number of rotatable bonds is 5. The van der Waals surface area contributed by atoms with Gasteiger partial charge in [-0.25, -0.2) is 4.98 Å². The molecule has 0 aliphatic rings. The van der Waals surface area contributed by atoms with Crippen LogP contribution < -0.4 is 5.32 Å². The van der Waals surface area contributed by atoms with E-state index in [4.69, 9.17) is 0 Å². The fraction of sp³-hybridized carbons (Fsp3) is 0.118. The molecule has 0 unspecified atom stereocenters. The first kappa shape index (κ1) is 15.8. The van der Waals surface area contributed by atoms with E-state index in [1.165, 1.54) is 0 Å². The monoisotopic (exact) mass is 387 g/mol. The second kappa shape index (κ2) is 7.48. The fourth-order valence-corrected chi connectivity index (χ4v) is 3.42. The van der Waals surface area contributed by atoms with E-state index >= 15 is 0 Å². The Morgan fingerprint density at radius 1 is 1.17 bits per heavy atom. The molecule has 0 saturated carbocycles. The number of nitrogens with zero attached hydrogens (tertiary/aromatic N) is 2. The molecule has 2 aromatic heterocycles. The summed E-state index contributed by atoms with van der Waals surface area (Å²) in [5, 5.41) is 5.92. The van der Waals surface area contributed by atoms with Gasteiger partial charge in [0.1, 0.15) is 5.01 Å². The summed E-state index contributed by atoms with van der Waals surface area (Å²) in [6, 6.07) is 11.3. The Morgan fingerprint density at radius 3 is 2.74 bits per heavy atom. The van der Waals surface area contributed by atoms with Crippen molar-refractivity contribution < 1.29 is 4.79 Å². The minimum atomic E-state index is -0.0814. The van der Waals surface area contributed by atoms with Crippen molar-refractivity contribution in [1.82, 2.24) is 15.3 Å². The predicted molar refractivity (Wildman–Crippen MR) is 95.5 cm³/mol. The first-order chi connectivity index (χ1) is 11.2. The van der Waals surface area contributed by atoms with Gasteiger partial charge >= 0.3 is 0 Å². The van der Waals surface area contributed by atoms with E-state index in [-0.39, 0.29) is 5.91 Å². The van der Waals surface area contributed by atoms with Crippen molar-refractivity contribution in [3.05, 3.63) is 69.9 Å². The van der Waals surface area contributed by atoms with Crippen LogP contribution in [-0.2, 0) is 6.42 Å². The molecule has 1 N–H and O–H groups in total. The molecule has 23 heavy (non-hydrogen) atoms. The maximum absolute atomic E-state index is 12.1. The van der Waals surface area contributed by atoms with E-state index in [0.29, 0.717) is 18.5 Å². The van der Waals surface area contributed by atoms with Crippen molar-refractivity contribution in [2.24, 2.45) is 0 Å². The van der Waals surface area contributed by atoms with Crippen molar-refractivity contribution in [2.75, 3.05) is 6.54 Å². The molecule has 0 radical (unpaired) electrons. The van der Waals surface area contributed by atoms with Gasteiger partial charge in [0.15, 0.2) is 0 Å². The molecular formula is C17H14BrN3OS. The van der Waals surface area contributed by atoms with Gasteiger partial charge in [-0.2, -0.15) is 0 Å². The van der Waals surface area contributed by atoms with Crippen molar-refractivity contribution in [3.8, 4) is 10.6 Å². The summed E-state index contributed by atoms with van der Waals surface area (Å²) >= 11 is 4.99. The highest BCUT2D eigenvalue weighted by Crippen LogP contribution is 2.23. The summed E-state index contributed by atoms with van der Waals surface area (Å²) in [6.45, 7) is 0.555. The van der Waals surface area contributed by atoms with E-state index in [0.717, 1.165) is 20.7 Å². The van der Waals surface area contributed by atoms with E-state index in [9.17, 15) is 4.79 Å². The molecule has 0 atom stereocenters. The van der Waals surface area contributed by atoms with Gasteiger partial charge in [-0.1, -0.05) is 12.1 Å². The highest BCUT2D eigenvalue weighted by atomic mass is 79.9. The quantitative estimate of drug-likeness (QED) is 0.721. The SMILES string of the molecule is O=C(NCCc1csc(-c2ccncc2)n1)c1ccccc1Br. The third-order valence-electron chi connectivity index (χ3n) is 3.26. The third kappa shape index (κ3) is 4.03. The molecule has 1 aromatic carbocycles. The average Bonchev–Trinajstić information content (AvgIpc) is 3.05. The molecule has 116 valence electrons. The number of carbonyl (C=O) groups is 1. The largest absolute Gasteiger partial charge is 0.352 e. The predicted octanol–water partition coefficient (Wildman–Crippen LogP) is 3.94. The third-order valence-corrected chi connectivity index (χ3v) is 4.90. The molecule has 4 nitrogen and oxygen atoms in total. The van der Waals surface area contributed by atoms with E-state index < -0.39 is 0 Å². The Kier molecular flexibility index (Phi) is 5.15. The van der Waals surface area contributed by atoms with Crippen LogP contribution in [0.5, 0.6) is 0 Å². The van der Waals surface area contributed by atoms with Crippen molar-refractivity contribution in [2.45, 2.75) is 6.42 Å². The van der Waals surface area contributed by atoms with Crippen LogP contribution in [0.25, 0.3) is 10.6 Å².